The van der Waals surface area contributed by atoms with Crippen LogP contribution in [-0.2, 0) is 6.42 Å². The molecule has 1 aromatic heterocycles. The zero-order valence-corrected chi connectivity index (χ0v) is 14.4. The average Bonchev–Trinajstić information content (AvgIpc) is 2.93. The van der Waals surface area contributed by atoms with Crippen LogP contribution in [0.3, 0.4) is 0 Å². The van der Waals surface area contributed by atoms with Gasteiger partial charge in [0.1, 0.15) is 0 Å². The quantitative estimate of drug-likeness (QED) is 0.926. The third kappa shape index (κ3) is 3.25. The van der Waals surface area contributed by atoms with Crippen LogP contribution in [0.25, 0.3) is 0 Å². The summed E-state index contributed by atoms with van der Waals surface area (Å²) in [5.74, 6) is 0. The van der Waals surface area contributed by atoms with Crippen molar-refractivity contribution in [3.63, 3.8) is 0 Å². The average molecular weight is 308 g/mol. The lowest BCUT2D eigenvalue weighted by atomic mass is 9.98. The summed E-state index contributed by atoms with van der Waals surface area (Å²) < 4.78 is 0. The van der Waals surface area contributed by atoms with Crippen molar-refractivity contribution in [2.45, 2.75) is 52.1 Å². The molecule has 1 aliphatic heterocycles. The molecule has 0 saturated carbocycles. The van der Waals surface area contributed by atoms with Gasteiger partial charge in [-0.15, -0.1) is 0 Å². The van der Waals surface area contributed by atoms with Gasteiger partial charge in [-0.1, -0.05) is 18.3 Å². The van der Waals surface area contributed by atoms with Crippen LogP contribution < -0.4 is 10.2 Å². The van der Waals surface area contributed by atoms with E-state index < -0.39 is 0 Å². The van der Waals surface area contributed by atoms with Crippen LogP contribution in [0.2, 0.25) is 0 Å². The summed E-state index contributed by atoms with van der Waals surface area (Å²) in [6.07, 6.45) is 3.71. The highest BCUT2D eigenvalue weighted by molar-refractivity contribution is 7.15. The second kappa shape index (κ2) is 6.63. The molecule has 1 saturated heterocycles. The highest BCUT2D eigenvalue weighted by Gasteiger charge is 2.27. The van der Waals surface area contributed by atoms with Crippen molar-refractivity contribution < 1.29 is 0 Å². The number of piperazine rings is 1. The molecule has 2 heterocycles. The summed E-state index contributed by atoms with van der Waals surface area (Å²) in [7, 11) is 0. The number of nitrogens with one attached hydrogen (secondary N) is 1. The number of hydrogen-bond acceptors (Lipinski definition) is 5. The van der Waals surface area contributed by atoms with Gasteiger partial charge in [-0.3, -0.25) is 4.90 Å². The van der Waals surface area contributed by atoms with Crippen LogP contribution in [0.4, 0.5) is 5.13 Å². The van der Waals surface area contributed by atoms with Crippen molar-refractivity contribution >= 4 is 16.5 Å². The number of aryl methyl sites for hydroxylation is 1. The van der Waals surface area contributed by atoms with Gasteiger partial charge in [0.2, 0.25) is 0 Å². The fraction of sp³-hybridized carbons (Fsp3) is 0.812. The van der Waals surface area contributed by atoms with Gasteiger partial charge in [0.05, 0.1) is 5.69 Å². The Kier molecular flexibility index (Phi) is 4.82. The van der Waals surface area contributed by atoms with Gasteiger partial charge in [0, 0.05) is 43.1 Å². The Labute approximate surface area is 132 Å². The maximum atomic E-state index is 4.96. The first-order chi connectivity index (χ1) is 10.2. The summed E-state index contributed by atoms with van der Waals surface area (Å²) in [6.45, 7) is 12.4. The molecule has 0 amide bonds. The van der Waals surface area contributed by atoms with E-state index in [1.807, 2.05) is 11.3 Å². The Hall–Kier alpha value is -0.650. The molecular weight excluding hydrogens is 280 g/mol. The predicted molar refractivity (Wildman–Crippen MR) is 90.4 cm³/mol. The van der Waals surface area contributed by atoms with E-state index in [9.17, 15) is 0 Å². The van der Waals surface area contributed by atoms with Crippen LogP contribution >= 0.6 is 11.3 Å². The molecule has 0 radical (unpaired) electrons. The van der Waals surface area contributed by atoms with E-state index in [1.165, 1.54) is 48.1 Å². The van der Waals surface area contributed by atoms with Crippen LogP contribution in [0.5, 0.6) is 0 Å². The molecule has 1 N–H and O–H groups in total. The molecule has 1 fully saturated rings. The molecule has 21 heavy (non-hydrogen) atoms. The Bertz CT molecular complexity index is 463. The first kappa shape index (κ1) is 15.3. The maximum Gasteiger partial charge on any atom is 0.185 e. The summed E-state index contributed by atoms with van der Waals surface area (Å²) in [4.78, 5) is 11.5. The van der Waals surface area contributed by atoms with Crippen LogP contribution in [0.1, 0.15) is 50.2 Å². The normalized spacial score (nSPS) is 23.6. The van der Waals surface area contributed by atoms with E-state index in [0.29, 0.717) is 12.1 Å². The monoisotopic (exact) mass is 308 g/mol. The van der Waals surface area contributed by atoms with Gasteiger partial charge in [-0.05, 0) is 39.7 Å². The van der Waals surface area contributed by atoms with E-state index >= 15 is 0 Å². The van der Waals surface area contributed by atoms with Crippen molar-refractivity contribution in [3.8, 4) is 0 Å². The molecular formula is C16H28N4S. The minimum atomic E-state index is 0.543. The third-order valence-corrected chi connectivity index (χ3v) is 5.98. The lowest BCUT2D eigenvalue weighted by Crippen LogP contribution is -2.48. The van der Waals surface area contributed by atoms with Gasteiger partial charge in [0.25, 0.3) is 0 Å². The van der Waals surface area contributed by atoms with Crippen LogP contribution in [-0.4, -0.2) is 48.6 Å². The largest absolute Gasteiger partial charge is 0.346 e. The molecule has 3 rings (SSSR count). The first-order valence-corrected chi connectivity index (χ1v) is 9.22. The highest BCUT2D eigenvalue weighted by Crippen LogP contribution is 2.37. The molecule has 1 aliphatic carbocycles. The number of thiazole rings is 1. The highest BCUT2D eigenvalue weighted by atomic mass is 32.1. The summed E-state index contributed by atoms with van der Waals surface area (Å²) >= 11 is 1.93. The van der Waals surface area contributed by atoms with Crippen LogP contribution in [0.15, 0.2) is 0 Å². The smallest absolute Gasteiger partial charge is 0.185 e. The number of aromatic nitrogens is 1. The molecule has 4 nitrogen and oxygen atoms in total. The van der Waals surface area contributed by atoms with Crippen molar-refractivity contribution in [3.05, 3.63) is 10.6 Å². The number of nitrogens with zero attached hydrogens (tertiary/aromatic N) is 3. The fourth-order valence-electron chi connectivity index (χ4n) is 3.41. The lowest BCUT2D eigenvalue weighted by molar-refractivity contribution is 0.209. The molecule has 118 valence electrons. The van der Waals surface area contributed by atoms with Crippen molar-refractivity contribution in [2.75, 3.05) is 37.6 Å². The summed E-state index contributed by atoms with van der Waals surface area (Å²) in [6, 6.07) is 1.21. The van der Waals surface area contributed by atoms with Gasteiger partial charge in [-0.25, -0.2) is 4.98 Å². The third-order valence-electron chi connectivity index (χ3n) is 4.70. The molecule has 1 unspecified atom stereocenters. The number of hydrogen-bond donors (Lipinski definition) is 1. The second-order valence-corrected chi connectivity index (χ2v) is 7.44. The Morgan fingerprint density at radius 2 is 2.05 bits per heavy atom. The van der Waals surface area contributed by atoms with E-state index in [0.717, 1.165) is 19.6 Å². The standard InChI is InChI=1S/C16H28N4S/c1-4-17-13-6-5-7-14-15(13)21-16(18-14)20-10-8-19(9-11-20)12(2)3/h12-13,17H,4-11H2,1-3H3. The second-order valence-electron chi connectivity index (χ2n) is 6.43. The van der Waals surface area contributed by atoms with Gasteiger partial charge < -0.3 is 10.2 Å². The lowest BCUT2D eigenvalue weighted by Gasteiger charge is -2.36. The van der Waals surface area contributed by atoms with E-state index in [1.54, 1.807) is 0 Å². The topological polar surface area (TPSA) is 31.4 Å². The Balaban J connectivity index is 1.70. The van der Waals surface area contributed by atoms with E-state index in [2.05, 4.69) is 35.9 Å². The summed E-state index contributed by atoms with van der Waals surface area (Å²) in [5, 5.41) is 4.88. The van der Waals surface area contributed by atoms with Crippen molar-refractivity contribution in [2.24, 2.45) is 0 Å². The number of fused-ring (bicyclic) bond motifs is 1. The zero-order chi connectivity index (χ0) is 14.8. The zero-order valence-electron chi connectivity index (χ0n) is 13.6. The molecule has 5 heteroatoms. The minimum absolute atomic E-state index is 0.543. The molecule has 1 atom stereocenters. The van der Waals surface area contributed by atoms with Gasteiger partial charge in [-0.2, -0.15) is 0 Å². The predicted octanol–water partition coefficient (Wildman–Crippen LogP) is 2.66. The molecule has 0 bridgehead atoms. The Morgan fingerprint density at radius 3 is 2.71 bits per heavy atom. The maximum absolute atomic E-state index is 4.96. The van der Waals surface area contributed by atoms with Crippen molar-refractivity contribution in [1.82, 2.24) is 15.2 Å². The first-order valence-electron chi connectivity index (χ1n) is 8.41. The molecule has 0 spiro atoms. The van der Waals surface area contributed by atoms with Gasteiger partial charge in [0.15, 0.2) is 5.13 Å². The summed E-state index contributed by atoms with van der Waals surface area (Å²) in [5.41, 5.74) is 1.36. The van der Waals surface area contributed by atoms with Crippen molar-refractivity contribution in [1.29, 1.82) is 0 Å². The van der Waals surface area contributed by atoms with Crippen LogP contribution in [0, 0.1) is 0 Å². The number of rotatable bonds is 4. The molecule has 2 aliphatic rings. The van der Waals surface area contributed by atoms with E-state index in [-0.39, 0.29) is 0 Å². The van der Waals surface area contributed by atoms with Gasteiger partial charge >= 0.3 is 0 Å². The minimum Gasteiger partial charge on any atom is -0.346 e. The van der Waals surface area contributed by atoms with E-state index in [4.69, 9.17) is 4.98 Å². The Morgan fingerprint density at radius 1 is 1.29 bits per heavy atom. The molecule has 0 aromatic carbocycles. The fourth-order valence-corrected chi connectivity index (χ4v) is 4.69. The SMILES string of the molecule is CCNC1CCCc2nc(N3CCN(C(C)C)CC3)sc21. The molecule has 1 aromatic rings. The number of anilines is 1.